The third kappa shape index (κ3) is 2.27. The van der Waals surface area contributed by atoms with Gasteiger partial charge in [0.15, 0.2) is 0 Å². The number of rotatable bonds is 3. The van der Waals surface area contributed by atoms with Crippen molar-refractivity contribution in [3.63, 3.8) is 0 Å². The summed E-state index contributed by atoms with van der Waals surface area (Å²) in [6, 6.07) is 8.72. The van der Waals surface area contributed by atoms with Crippen molar-refractivity contribution in [1.82, 2.24) is 10.2 Å². The second-order valence-corrected chi connectivity index (χ2v) is 6.03. The molecule has 1 saturated carbocycles. The maximum Gasteiger partial charge on any atom is 0.241 e. The average Bonchev–Trinajstić information content (AvgIpc) is 3.17. The van der Waals surface area contributed by atoms with E-state index in [1.807, 2.05) is 6.92 Å². The highest BCUT2D eigenvalue weighted by molar-refractivity contribution is 5.84. The molecular formula is C16H22N2O. The molecule has 1 aromatic rings. The van der Waals surface area contributed by atoms with Gasteiger partial charge in [0, 0.05) is 6.04 Å². The minimum atomic E-state index is -0.0771. The van der Waals surface area contributed by atoms with Crippen molar-refractivity contribution in [3.05, 3.63) is 35.4 Å². The molecule has 1 amide bonds. The van der Waals surface area contributed by atoms with Crippen LogP contribution < -0.4 is 5.32 Å². The maximum absolute atomic E-state index is 12.4. The number of aryl methyl sites for hydroxylation is 1. The van der Waals surface area contributed by atoms with E-state index in [0.717, 1.165) is 0 Å². The Labute approximate surface area is 115 Å². The van der Waals surface area contributed by atoms with E-state index in [0.29, 0.717) is 12.0 Å². The molecule has 3 nitrogen and oxygen atoms in total. The standard InChI is InChI=1S/C16H22N2O/c1-10-5-4-6-14(9-10)15-17-11(2)16(19)18(15)12(3)13-7-8-13/h4-6,9,11-13,15,17H,7-8H2,1-3H3. The predicted molar refractivity (Wildman–Crippen MR) is 75.5 cm³/mol. The Morgan fingerprint density at radius 2 is 2.11 bits per heavy atom. The fraction of sp³-hybridized carbons (Fsp3) is 0.562. The molecule has 3 rings (SSSR count). The van der Waals surface area contributed by atoms with Crippen LogP contribution in [0.5, 0.6) is 0 Å². The number of hydrogen-bond acceptors (Lipinski definition) is 2. The first-order chi connectivity index (χ1) is 9.08. The summed E-state index contributed by atoms with van der Waals surface area (Å²) in [6.45, 7) is 6.25. The Morgan fingerprint density at radius 3 is 2.74 bits per heavy atom. The van der Waals surface area contributed by atoms with Gasteiger partial charge in [-0.05, 0) is 45.1 Å². The molecule has 0 bridgehead atoms. The summed E-state index contributed by atoms with van der Waals surface area (Å²) in [4.78, 5) is 14.5. The molecule has 0 aromatic heterocycles. The van der Waals surface area contributed by atoms with Gasteiger partial charge >= 0.3 is 0 Å². The molecule has 3 heteroatoms. The fourth-order valence-corrected chi connectivity index (χ4v) is 3.08. The molecule has 2 fully saturated rings. The van der Waals surface area contributed by atoms with Crippen molar-refractivity contribution < 1.29 is 4.79 Å². The normalized spacial score (nSPS) is 28.8. The number of amides is 1. The monoisotopic (exact) mass is 258 g/mol. The predicted octanol–water partition coefficient (Wildman–Crippen LogP) is 2.61. The molecule has 1 aromatic carbocycles. The van der Waals surface area contributed by atoms with E-state index >= 15 is 0 Å². The van der Waals surface area contributed by atoms with E-state index < -0.39 is 0 Å². The lowest BCUT2D eigenvalue weighted by Crippen LogP contribution is -2.39. The highest BCUT2D eigenvalue weighted by Gasteiger charge is 2.44. The SMILES string of the molecule is Cc1cccc(C2NC(C)C(=O)N2C(C)C2CC2)c1. The van der Waals surface area contributed by atoms with Crippen molar-refractivity contribution in [2.24, 2.45) is 5.92 Å². The first kappa shape index (κ1) is 12.7. The van der Waals surface area contributed by atoms with Crippen molar-refractivity contribution in [2.45, 2.75) is 51.9 Å². The molecule has 1 heterocycles. The van der Waals surface area contributed by atoms with E-state index in [1.54, 1.807) is 0 Å². The van der Waals surface area contributed by atoms with Gasteiger partial charge in [-0.2, -0.15) is 0 Å². The Hall–Kier alpha value is -1.35. The van der Waals surface area contributed by atoms with Gasteiger partial charge in [-0.3, -0.25) is 10.1 Å². The van der Waals surface area contributed by atoms with Gasteiger partial charge in [0.25, 0.3) is 0 Å². The van der Waals surface area contributed by atoms with Crippen LogP contribution in [0.25, 0.3) is 0 Å². The van der Waals surface area contributed by atoms with Crippen LogP contribution in [-0.2, 0) is 4.79 Å². The van der Waals surface area contributed by atoms with Crippen LogP contribution >= 0.6 is 0 Å². The van der Waals surface area contributed by atoms with Gasteiger partial charge in [0.05, 0.1) is 6.04 Å². The summed E-state index contributed by atoms with van der Waals surface area (Å²) in [5.41, 5.74) is 2.44. The highest BCUT2D eigenvalue weighted by atomic mass is 16.2. The molecule has 1 saturated heterocycles. The molecule has 1 N–H and O–H groups in total. The zero-order chi connectivity index (χ0) is 13.6. The minimum absolute atomic E-state index is 0.0398. The average molecular weight is 258 g/mol. The summed E-state index contributed by atoms with van der Waals surface area (Å²) in [5.74, 6) is 0.939. The van der Waals surface area contributed by atoms with E-state index in [1.165, 1.54) is 24.0 Å². The summed E-state index contributed by atoms with van der Waals surface area (Å²) < 4.78 is 0. The Balaban J connectivity index is 1.91. The second kappa shape index (κ2) is 4.64. The molecule has 0 spiro atoms. The first-order valence-corrected chi connectivity index (χ1v) is 7.22. The quantitative estimate of drug-likeness (QED) is 0.904. The van der Waals surface area contributed by atoms with Crippen LogP contribution in [0.3, 0.4) is 0 Å². The molecule has 0 radical (unpaired) electrons. The van der Waals surface area contributed by atoms with Crippen molar-refractivity contribution in [2.75, 3.05) is 0 Å². The van der Waals surface area contributed by atoms with Gasteiger partial charge in [-0.15, -0.1) is 0 Å². The Morgan fingerprint density at radius 1 is 1.37 bits per heavy atom. The van der Waals surface area contributed by atoms with Crippen LogP contribution in [0.2, 0.25) is 0 Å². The topological polar surface area (TPSA) is 32.3 Å². The number of hydrogen-bond donors (Lipinski definition) is 1. The van der Waals surface area contributed by atoms with E-state index in [9.17, 15) is 4.79 Å². The molecule has 1 aliphatic heterocycles. The highest BCUT2D eigenvalue weighted by Crippen LogP contribution is 2.39. The molecule has 2 aliphatic rings. The third-order valence-corrected chi connectivity index (χ3v) is 4.41. The van der Waals surface area contributed by atoms with Crippen molar-refractivity contribution >= 4 is 5.91 Å². The zero-order valence-electron chi connectivity index (χ0n) is 11.9. The second-order valence-electron chi connectivity index (χ2n) is 6.03. The largest absolute Gasteiger partial charge is 0.319 e. The molecule has 3 unspecified atom stereocenters. The molecule has 102 valence electrons. The Kier molecular flexibility index (Phi) is 3.09. The zero-order valence-corrected chi connectivity index (χ0v) is 11.9. The molecule has 3 atom stereocenters. The number of benzene rings is 1. The number of nitrogens with one attached hydrogen (secondary N) is 1. The van der Waals surface area contributed by atoms with Crippen LogP contribution in [0.1, 0.15) is 44.0 Å². The minimum Gasteiger partial charge on any atom is -0.319 e. The summed E-state index contributed by atoms with van der Waals surface area (Å²) >= 11 is 0. The van der Waals surface area contributed by atoms with E-state index in [4.69, 9.17) is 0 Å². The van der Waals surface area contributed by atoms with Crippen molar-refractivity contribution in [1.29, 1.82) is 0 Å². The lowest BCUT2D eigenvalue weighted by atomic mass is 10.1. The van der Waals surface area contributed by atoms with Gasteiger partial charge < -0.3 is 4.90 Å². The lowest BCUT2D eigenvalue weighted by molar-refractivity contribution is -0.132. The molecule has 1 aliphatic carbocycles. The lowest BCUT2D eigenvalue weighted by Gasteiger charge is -2.31. The molecule has 19 heavy (non-hydrogen) atoms. The van der Waals surface area contributed by atoms with Gasteiger partial charge in [-0.25, -0.2) is 0 Å². The van der Waals surface area contributed by atoms with E-state index in [-0.39, 0.29) is 18.1 Å². The van der Waals surface area contributed by atoms with Crippen LogP contribution in [0.4, 0.5) is 0 Å². The first-order valence-electron chi connectivity index (χ1n) is 7.22. The van der Waals surface area contributed by atoms with Crippen molar-refractivity contribution in [3.8, 4) is 0 Å². The summed E-state index contributed by atoms with van der Waals surface area (Å²) in [5, 5.41) is 3.44. The van der Waals surface area contributed by atoms with Crippen LogP contribution in [0, 0.1) is 12.8 Å². The number of carbonyl (C=O) groups is 1. The molecular weight excluding hydrogens is 236 g/mol. The smallest absolute Gasteiger partial charge is 0.241 e. The summed E-state index contributed by atoms with van der Waals surface area (Å²) in [7, 11) is 0. The Bertz CT molecular complexity index is 495. The van der Waals surface area contributed by atoms with E-state index in [2.05, 4.69) is 48.3 Å². The van der Waals surface area contributed by atoms with Gasteiger partial charge in [0.2, 0.25) is 5.91 Å². The maximum atomic E-state index is 12.4. The van der Waals surface area contributed by atoms with Crippen LogP contribution in [-0.4, -0.2) is 22.9 Å². The number of carbonyl (C=O) groups excluding carboxylic acids is 1. The third-order valence-electron chi connectivity index (χ3n) is 4.41. The van der Waals surface area contributed by atoms with Crippen LogP contribution in [0.15, 0.2) is 24.3 Å². The summed E-state index contributed by atoms with van der Waals surface area (Å²) in [6.07, 6.45) is 2.57. The number of nitrogens with zero attached hydrogens (tertiary/aromatic N) is 1. The van der Waals surface area contributed by atoms with Gasteiger partial charge in [-0.1, -0.05) is 29.8 Å². The van der Waals surface area contributed by atoms with Gasteiger partial charge in [0.1, 0.15) is 6.17 Å². The fourth-order valence-electron chi connectivity index (χ4n) is 3.08.